The van der Waals surface area contributed by atoms with Gasteiger partial charge < -0.3 is 9.88 Å². The number of benzene rings is 2. The molecule has 0 aliphatic heterocycles. The zero-order chi connectivity index (χ0) is 23.3. The number of fused-ring (bicyclic) bond motifs is 1. The van der Waals surface area contributed by atoms with Gasteiger partial charge in [0.1, 0.15) is 18.1 Å². The molecule has 1 N–H and O–H groups in total. The lowest BCUT2D eigenvalue weighted by molar-refractivity contribution is -0.122. The average molecular weight is 456 g/mol. The van der Waals surface area contributed by atoms with E-state index >= 15 is 0 Å². The number of para-hydroxylation sites is 2. The first-order valence-electron chi connectivity index (χ1n) is 11.2. The lowest BCUT2D eigenvalue weighted by atomic mass is 9.94. The molecule has 3 aromatic rings. The number of nitrogens with zero attached hydrogens (tertiary/aromatic N) is 2. The number of carbonyl (C=O) groups is 1. The van der Waals surface area contributed by atoms with Gasteiger partial charge in [0.05, 0.1) is 17.1 Å². The van der Waals surface area contributed by atoms with Gasteiger partial charge in [-0.15, -0.1) is 0 Å². The number of hydrogen-bond acceptors (Lipinski definition) is 4. The van der Waals surface area contributed by atoms with Crippen LogP contribution in [0.4, 0.5) is 0 Å². The average Bonchev–Trinajstić information content (AvgIpc) is 3.06. The van der Waals surface area contributed by atoms with Crippen molar-refractivity contribution in [1.82, 2.24) is 14.9 Å². The van der Waals surface area contributed by atoms with Crippen LogP contribution in [0.3, 0.4) is 0 Å². The molecule has 172 valence electrons. The maximum atomic E-state index is 13.1. The molecule has 1 unspecified atom stereocenters. The van der Waals surface area contributed by atoms with Crippen molar-refractivity contribution in [3.8, 4) is 0 Å². The molecule has 0 spiro atoms. The SMILES string of the molecule is CCCCc1ccc(C(NC(=O)Cn2c(CS(C)(=O)=O)nc3ccccc32)C(C)C)cc1. The van der Waals surface area contributed by atoms with E-state index in [4.69, 9.17) is 0 Å². The smallest absolute Gasteiger partial charge is 0.240 e. The molecule has 3 rings (SSSR count). The van der Waals surface area contributed by atoms with E-state index in [1.165, 1.54) is 18.2 Å². The Kier molecular flexibility index (Phi) is 7.72. The highest BCUT2D eigenvalue weighted by Crippen LogP contribution is 2.23. The molecule has 1 amide bonds. The number of unbranched alkanes of at least 4 members (excludes halogenated alkanes) is 1. The predicted octanol–water partition coefficient (Wildman–Crippen LogP) is 4.44. The number of imidazole rings is 1. The number of aromatic nitrogens is 2. The zero-order valence-electron chi connectivity index (χ0n) is 19.3. The molecule has 0 bridgehead atoms. The summed E-state index contributed by atoms with van der Waals surface area (Å²) in [5.41, 5.74) is 3.81. The second-order valence-electron chi connectivity index (χ2n) is 8.81. The second kappa shape index (κ2) is 10.3. The van der Waals surface area contributed by atoms with Crippen LogP contribution in [0.5, 0.6) is 0 Å². The zero-order valence-corrected chi connectivity index (χ0v) is 20.2. The first-order valence-corrected chi connectivity index (χ1v) is 13.2. The second-order valence-corrected chi connectivity index (χ2v) is 10.9. The van der Waals surface area contributed by atoms with Gasteiger partial charge >= 0.3 is 0 Å². The summed E-state index contributed by atoms with van der Waals surface area (Å²) in [5.74, 6) is 0.208. The molecule has 0 saturated heterocycles. The fourth-order valence-electron chi connectivity index (χ4n) is 3.92. The monoisotopic (exact) mass is 455 g/mol. The van der Waals surface area contributed by atoms with Gasteiger partial charge in [0.2, 0.25) is 5.91 Å². The highest BCUT2D eigenvalue weighted by molar-refractivity contribution is 7.89. The van der Waals surface area contributed by atoms with Crippen molar-refractivity contribution in [3.63, 3.8) is 0 Å². The van der Waals surface area contributed by atoms with Crippen LogP contribution in [0.15, 0.2) is 48.5 Å². The Morgan fingerprint density at radius 2 is 1.78 bits per heavy atom. The molecule has 0 aliphatic rings. The molecule has 1 heterocycles. The van der Waals surface area contributed by atoms with Crippen molar-refractivity contribution >= 4 is 26.8 Å². The van der Waals surface area contributed by atoms with Crippen molar-refractivity contribution in [1.29, 1.82) is 0 Å². The molecule has 1 atom stereocenters. The van der Waals surface area contributed by atoms with Gasteiger partial charge in [-0.1, -0.05) is 63.6 Å². The highest BCUT2D eigenvalue weighted by Gasteiger charge is 2.21. The van der Waals surface area contributed by atoms with E-state index in [2.05, 4.69) is 55.3 Å². The Bertz CT molecular complexity index is 1160. The van der Waals surface area contributed by atoms with Gasteiger partial charge in [-0.2, -0.15) is 0 Å². The Labute approximate surface area is 191 Å². The number of amides is 1. The first kappa shape index (κ1) is 24.0. The van der Waals surface area contributed by atoms with Crippen molar-refractivity contribution in [2.24, 2.45) is 5.92 Å². The fourth-order valence-corrected chi connectivity index (χ4v) is 4.61. The summed E-state index contributed by atoms with van der Waals surface area (Å²) in [6, 6.07) is 15.7. The fraction of sp³-hybridized carbons (Fsp3) is 0.440. The van der Waals surface area contributed by atoms with Crippen LogP contribution < -0.4 is 5.32 Å². The topological polar surface area (TPSA) is 81.1 Å². The summed E-state index contributed by atoms with van der Waals surface area (Å²) in [6.45, 7) is 6.36. The van der Waals surface area contributed by atoms with Crippen LogP contribution in [0.2, 0.25) is 0 Å². The van der Waals surface area contributed by atoms with Crippen LogP contribution in [-0.2, 0) is 33.4 Å². The summed E-state index contributed by atoms with van der Waals surface area (Å²) in [6.07, 6.45) is 4.57. The molecule has 2 aromatic carbocycles. The van der Waals surface area contributed by atoms with Crippen molar-refractivity contribution in [2.75, 3.05) is 6.26 Å². The molecule has 0 radical (unpaired) electrons. The molecular weight excluding hydrogens is 422 g/mol. The number of nitrogens with one attached hydrogen (secondary N) is 1. The third kappa shape index (κ3) is 6.19. The molecule has 1 aromatic heterocycles. The predicted molar refractivity (Wildman–Crippen MR) is 129 cm³/mol. The van der Waals surface area contributed by atoms with Gasteiger partial charge in [-0.25, -0.2) is 13.4 Å². The van der Waals surface area contributed by atoms with E-state index in [0.717, 1.165) is 23.9 Å². The third-order valence-electron chi connectivity index (χ3n) is 5.57. The highest BCUT2D eigenvalue weighted by atomic mass is 32.2. The molecule has 32 heavy (non-hydrogen) atoms. The standard InChI is InChI=1S/C25H33N3O3S/c1-5-6-9-19-12-14-20(15-13-19)25(18(2)3)27-24(29)16-28-22-11-8-7-10-21(22)26-23(28)17-32(4,30)31/h7-8,10-15,18,25H,5-6,9,16-17H2,1-4H3,(H,27,29). The Balaban J connectivity index is 1.81. The van der Waals surface area contributed by atoms with Crippen LogP contribution in [-0.4, -0.2) is 30.1 Å². The van der Waals surface area contributed by atoms with Gasteiger partial charge in [0.15, 0.2) is 9.84 Å². The quantitative estimate of drug-likeness (QED) is 0.490. The maximum absolute atomic E-state index is 13.1. The van der Waals surface area contributed by atoms with Crippen molar-refractivity contribution in [2.45, 2.75) is 58.4 Å². The van der Waals surface area contributed by atoms with E-state index < -0.39 is 9.84 Å². The Morgan fingerprint density at radius 1 is 1.09 bits per heavy atom. The molecular formula is C25H33N3O3S. The van der Waals surface area contributed by atoms with Gasteiger partial charge in [-0.05, 0) is 42.0 Å². The van der Waals surface area contributed by atoms with Crippen LogP contribution in [0.25, 0.3) is 11.0 Å². The maximum Gasteiger partial charge on any atom is 0.240 e. The van der Waals surface area contributed by atoms with Gasteiger partial charge in [-0.3, -0.25) is 4.79 Å². The third-order valence-corrected chi connectivity index (χ3v) is 6.35. The van der Waals surface area contributed by atoms with E-state index in [1.54, 1.807) is 4.57 Å². The minimum Gasteiger partial charge on any atom is -0.347 e. The van der Waals surface area contributed by atoms with E-state index in [0.29, 0.717) is 11.3 Å². The molecule has 0 fully saturated rings. The van der Waals surface area contributed by atoms with Crippen molar-refractivity contribution < 1.29 is 13.2 Å². The van der Waals surface area contributed by atoms with Gasteiger partial charge in [0, 0.05) is 6.26 Å². The molecule has 7 heteroatoms. The number of rotatable bonds is 10. The summed E-state index contributed by atoms with van der Waals surface area (Å²) in [4.78, 5) is 17.5. The largest absolute Gasteiger partial charge is 0.347 e. The first-order chi connectivity index (χ1) is 15.2. The minimum atomic E-state index is -3.29. The van der Waals surface area contributed by atoms with Crippen LogP contribution in [0, 0.1) is 5.92 Å². The molecule has 0 aliphatic carbocycles. The summed E-state index contributed by atoms with van der Waals surface area (Å²) in [5, 5.41) is 3.15. The van der Waals surface area contributed by atoms with E-state index in [1.807, 2.05) is 24.3 Å². The summed E-state index contributed by atoms with van der Waals surface area (Å²) >= 11 is 0. The van der Waals surface area contributed by atoms with Crippen LogP contribution >= 0.6 is 0 Å². The Morgan fingerprint density at radius 3 is 2.41 bits per heavy atom. The van der Waals surface area contributed by atoms with E-state index in [9.17, 15) is 13.2 Å². The van der Waals surface area contributed by atoms with Gasteiger partial charge in [0.25, 0.3) is 0 Å². The number of aryl methyl sites for hydroxylation is 1. The normalized spacial score (nSPS) is 12.9. The lowest BCUT2D eigenvalue weighted by Gasteiger charge is -2.24. The number of sulfone groups is 1. The minimum absolute atomic E-state index is 0.0170. The van der Waals surface area contributed by atoms with Crippen molar-refractivity contribution in [3.05, 3.63) is 65.5 Å². The van der Waals surface area contributed by atoms with Crippen LogP contribution in [0.1, 0.15) is 56.6 Å². The number of hydrogen-bond donors (Lipinski definition) is 1. The van der Waals surface area contributed by atoms with E-state index in [-0.39, 0.29) is 30.2 Å². The summed E-state index contributed by atoms with van der Waals surface area (Å²) < 4.78 is 25.5. The lowest BCUT2D eigenvalue weighted by Crippen LogP contribution is -2.34. The molecule has 0 saturated carbocycles. The molecule has 6 nitrogen and oxygen atoms in total. The summed E-state index contributed by atoms with van der Waals surface area (Å²) in [7, 11) is -3.29. The number of carbonyl (C=O) groups excluding carboxylic acids is 1. The Hall–Kier alpha value is -2.67.